The Balaban J connectivity index is 1.96. The Morgan fingerprint density at radius 2 is 2.50 bits per heavy atom. The number of nitrogens with zero attached hydrogens (tertiary/aromatic N) is 3. The summed E-state index contributed by atoms with van der Waals surface area (Å²) < 4.78 is 0. The second-order valence-electron chi connectivity index (χ2n) is 3.72. The van der Waals surface area contributed by atoms with Gasteiger partial charge in [0.1, 0.15) is 0 Å². The number of rotatable bonds is 2. The predicted octanol–water partition coefficient (Wildman–Crippen LogP) is 0.270. The van der Waals surface area contributed by atoms with E-state index in [0.717, 1.165) is 31.9 Å². The van der Waals surface area contributed by atoms with Gasteiger partial charge in [0.15, 0.2) is 0 Å². The first-order valence-electron chi connectivity index (χ1n) is 5.06. The van der Waals surface area contributed by atoms with Gasteiger partial charge in [0.2, 0.25) is 0 Å². The van der Waals surface area contributed by atoms with E-state index in [1.807, 2.05) is 6.20 Å². The average molecular weight is 192 g/mol. The van der Waals surface area contributed by atoms with Crippen LogP contribution in [0, 0.1) is 0 Å². The molecule has 0 saturated carbocycles. The lowest BCUT2D eigenvalue weighted by Gasteiger charge is -2.33. The van der Waals surface area contributed by atoms with Crippen molar-refractivity contribution in [2.24, 2.45) is 0 Å². The van der Waals surface area contributed by atoms with Crippen LogP contribution in [0.4, 0.5) is 0 Å². The largest absolute Gasteiger partial charge is 0.314 e. The molecule has 76 valence electrons. The SMILES string of the molecule is C[C@H]1CNCCN1Cc1cnccn1. The molecule has 1 aliphatic heterocycles. The Labute approximate surface area is 84.4 Å². The molecule has 0 spiro atoms. The minimum atomic E-state index is 0.589. The van der Waals surface area contributed by atoms with Gasteiger partial charge in [0.25, 0.3) is 0 Å². The molecule has 4 heteroatoms. The number of hydrogen-bond donors (Lipinski definition) is 1. The number of hydrogen-bond acceptors (Lipinski definition) is 4. The fourth-order valence-corrected chi connectivity index (χ4v) is 1.74. The fraction of sp³-hybridized carbons (Fsp3) is 0.600. The molecule has 1 aliphatic rings. The third kappa shape index (κ3) is 2.27. The molecule has 1 fully saturated rings. The lowest BCUT2D eigenvalue weighted by Crippen LogP contribution is -2.49. The van der Waals surface area contributed by atoms with E-state index in [1.165, 1.54) is 0 Å². The molecule has 1 atom stereocenters. The smallest absolute Gasteiger partial charge is 0.0726 e. The van der Waals surface area contributed by atoms with Crippen molar-refractivity contribution in [2.75, 3.05) is 19.6 Å². The van der Waals surface area contributed by atoms with Crippen LogP contribution in [-0.4, -0.2) is 40.5 Å². The highest BCUT2D eigenvalue weighted by Crippen LogP contribution is 2.06. The summed E-state index contributed by atoms with van der Waals surface area (Å²) in [6.07, 6.45) is 5.31. The van der Waals surface area contributed by atoms with Crippen LogP contribution in [0.1, 0.15) is 12.6 Å². The topological polar surface area (TPSA) is 41.0 Å². The van der Waals surface area contributed by atoms with E-state index in [9.17, 15) is 0 Å². The Morgan fingerprint density at radius 1 is 1.57 bits per heavy atom. The molecule has 4 nitrogen and oxygen atoms in total. The van der Waals surface area contributed by atoms with E-state index in [-0.39, 0.29) is 0 Å². The molecule has 1 saturated heterocycles. The van der Waals surface area contributed by atoms with Gasteiger partial charge in [-0.3, -0.25) is 14.9 Å². The zero-order valence-corrected chi connectivity index (χ0v) is 8.48. The summed E-state index contributed by atoms with van der Waals surface area (Å²) in [5.41, 5.74) is 1.06. The maximum atomic E-state index is 4.28. The average Bonchev–Trinajstić information content (AvgIpc) is 2.23. The van der Waals surface area contributed by atoms with E-state index in [0.29, 0.717) is 6.04 Å². The summed E-state index contributed by atoms with van der Waals surface area (Å²) >= 11 is 0. The van der Waals surface area contributed by atoms with Gasteiger partial charge >= 0.3 is 0 Å². The van der Waals surface area contributed by atoms with E-state index in [1.54, 1.807) is 12.4 Å². The summed E-state index contributed by atoms with van der Waals surface area (Å²) in [7, 11) is 0. The molecular formula is C10H16N4. The molecule has 0 aliphatic carbocycles. The van der Waals surface area contributed by atoms with Gasteiger partial charge in [-0.05, 0) is 6.92 Å². The Morgan fingerprint density at radius 3 is 3.21 bits per heavy atom. The monoisotopic (exact) mass is 192 g/mol. The molecule has 2 heterocycles. The van der Waals surface area contributed by atoms with Crippen molar-refractivity contribution in [3.63, 3.8) is 0 Å². The van der Waals surface area contributed by atoms with Crippen molar-refractivity contribution in [1.82, 2.24) is 20.2 Å². The van der Waals surface area contributed by atoms with Crippen LogP contribution in [0.5, 0.6) is 0 Å². The summed E-state index contributed by atoms with van der Waals surface area (Å²) in [6, 6.07) is 0.589. The molecule has 1 aromatic heterocycles. The van der Waals surface area contributed by atoms with Crippen LogP contribution in [0.2, 0.25) is 0 Å². The Kier molecular flexibility index (Phi) is 3.06. The molecule has 1 aromatic rings. The van der Waals surface area contributed by atoms with Crippen LogP contribution >= 0.6 is 0 Å². The molecule has 0 amide bonds. The predicted molar refractivity (Wildman–Crippen MR) is 54.8 cm³/mol. The summed E-state index contributed by atoms with van der Waals surface area (Å²) in [5, 5.41) is 3.37. The highest BCUT2D eigenvalue weighted by Gasteiger charge is 2.17. The van der Waals surface area contributed by atoms with E-state index in [2.05, 4.69) is 27.1 Å². The molecule has 0 aromatic carbocycles. The minimum absolute atomic E-state index is 0.589. The van der Waals surface area contributed by atoms with E-state index in [4.69, 9.17) is 0 Å². The van der Waals surface area contributed by atoms with Crippen molar-refractivity contribution in [3.05, 3.63) is 24.3 Å². The van der Waals surface area contributed by atoms with Gasteiger partial charge < -0.3 is 5.32 Å². The normalized spacial score (nSPS) is 23.6. The van der Waals surface area contributed by atoms with Gasteiger partial charge in [-0.1, -0.05) is 0 Å². The van der Waals surface area contributed by atoms with Crippen LogP contribution < -0.4 is 5.32 Å². The van der Waals surface area contributed by atoms with Crippen molar-refractivity contribution in [3.8, 4) is 0 Å². The molecule has 1 N–H and O–H groups in total. The van der Waals surface area contributed by atoms with Crippen LogP contribution in [0.3, 0.4) is 0 Å². The number of aromatic nitrogens is 2. The quantitative estimate of drug-likeness (QED) is 0.730. The second kappa shape index (κ2) is 4.48. The standard InChI is InChI=1S/C10H16N4/c1-9-6-12-4-5-14(9)8-10-7-11-2-3-13-10/h2-3,7,9,12H,4-6,8H2,1H3/t9-/m0/s1. The van der Waals surface area contributed by atoms with Crippen molar-refractivity contribution >= 4 is 0 Å². The zero-order chi connectivity index (χ0) is 9.80. The summed E-state index contributed by atoms with van der Waals surface area (Å²) in [4.78, 5) is 10.8. The molecule has 0 unspecified atom stereocenters. The number of nitrogens with one attached hydrogen (secondary N) is 1. The highest BCUT2D eigenvalue weighted by molar-refractivity contribution is 4.95. The van der Waals surface area contributed by atoms with Gasteiger partial charge in [-0.2, -0.15) is 0 Å². The third-order valence-corrected chi connectivity index (χ3v) is 2.62. The third-order valence-electron chi connectivity index (χ3n) is 2.62. The maximum absolute atomic E-state index is 4.28. The summed E-state index contributed by atoms with van der Waals surface area (Å²) in [5.74, 6) is 0. The van der Waals surface area contributed by atoms with Gasteiger partial charge in [0, 0.05) is 50.8 Å². The van der Waals surface area contributed by atoms with Gasteiger partial charge in [-0.25, -0.2) is 0 Å². The van der Waals surface area contributed by atoms with Crippen molar-refractivity contribution in [1.29, 1.82) is 0 Å². The zero-order valence-electron chi connectivity index (χ0n) is 8.48. The maximum Gasteiger partial charge on any atom is 0.0726 e. The molecule has 0 radical (unpaired) electrons. The van der Waals surface area contributed by atoms with Crippen LogP contribution in [-0.2, 0) is 6.54 Å². The first-order valence-corrected chi connectivity index (χ1v) is 5.06. The highest BCUT2D eigenvalue weighted by atomic mass is 15.2. The Bertz CT molecular complexity index is 275. The van der Waals surface area contributed by atoms with E-state index < -0.39 is 0 Å². The van der Waals surface area contributed by atoms with Gasteiger partial charge in [-0.15, -0.1) is 0 Å². The molecule has 14 heavy (non-hydrogen) atoms. The lowest BCUT2D eigenvalue weighted by atomic mass is 10.2. The molecule has 2 rings (SSSR count). The molecular weight excluding hydrogens is 176 g/mol. The van der Waals surface area contributed by atoms with Crippen LogP contribution in [0.15, 0.2) is 18.6 Å². The second-order valence-corrected chi connectivity index (χ2v) is 3.72. The first kappa shape index (κ1) is 9.55. The van der Waals surface area contributed by atoms with Gasteiger partial charge in [0.05, 0.1) is 5.69 Å². The van der Waals surface area contributed by atoms with E-state index >= 15 is 0 Å². The van der Waals surface area contributed by atoms with Crippen molar-refractivity contribution < 1.29 is 0 Å². The summed E-state index contributed by atoms with van der Waals surface area (Å²) in [6.45, 7) is 6.39. The van der Waals surface area contributed by atoms with Crippen molar-refractivity contribution in [2.45, 2.75) is 19.5 Å². The number of piperazine rings is 1. The van der Waals surface area contributed by atoms with Crippen LogP contribution in [0.25, 0.3) is 0 Å². The lowest BCUT2D eigenvalue weighted by molar-refractivity contribution is 0.163. The Hall–Kier alpha value is -1.00. The first-order chi connectivity index (χ1) is 6.86. The fourth-order valence-electron chi connectivity index (χ4n) is 1.74. The molecule has 0 bridgehead atoms. The minimum Gasteiger partial charge on any atom is -0.314 e.